The van der Waals surface area contributed by atoms with E-state index >= 15 is 0 Å². The Morgan fingerprint density at radius 3 is 1.50 bits per heavy atom. The van der Waals surface area contributed by atoms with Gasteiger partial charge in [0.05, 0.1) is 0 Å². The van der Waals surface area contributed by atoms with Crippen molar-refractivity contribution in [2.45, 2.75) is 98.8 Å². The minimum absolute atomic E-state index is 0. The fraction of sp³-hybridized carbons (Fsp3) is 0.667. The number of nitrogens with zero attached hydrogens (tertiary/aromatic N) is 4. The van der Waals surface area contributed by atoms with Crippen LogP contribution in [-0.4, -0.2) is 50.2 Å². The van der Waals surface area contributed by atoms with Gasteiger partial charge in [-0.1, -0.05) is 131 Å². The van der Waals surface area contributed by atoms with Crippen LogP contribution in [0.25, 0.3) is 9.30 Å². The minimum Gasteiger partial charge on any atom is -0.876 e. The van der Waals surface area contributed by atoms with E-state index in [1.165, 1.54) is 6.92 Å². The molecule has 0 saturated carbocycles. The number of allylic oxidation sites excluding steroid dienone is 2. The van der Waals surface area contributed by atoms with E-state index in [0.717, 1.165) is 17.8 Å². The Morgan fingerprint density at radius 2 is 1.24 bits per heavy atom. The molecule has 0 unspecified atom stereocenters. The van der Waals surface area contributed by atoms with Gasteiger partial charge in [0.2, 0.25) is 0 Å². The van der Waals surface area contributed by atoms with Gasteiger partial charge in [0.15, 0.2) is 0 Å². The summed E-state index contributed by atoms with van der Waals surface area (Å²) in [5, 5.41) is 10.7. The van der Waals surface area contributed by atoms with E-state index in [4.69, 9.17) is 9.30 Å². The van der Waals surface area contributed by atoms with E-state index < -0.39 is 32.9 Å². The van der Waals surface area contributed by atoms with Crippen molar-refractivity contribution in [3.63, 3.8) is 0 Å². The van der Waals surface area contributed by atoms with Crippen LogP contribution < -0.4 is 5.11 Å². The van der Waals surface area contributed by atoms with Gasteiger partial charge in [-0.2, -0.15) is 0 Å². The summed E-state index contributed by atoms with van der Waals surface area (Å²) in [5.74, 6) is 0.0362. The van der Waals surface area contributed by atoms with Gasteiger partial charge in [0, 0.05) is 30.6 Å². The zero-order valence-corrected chi connectivity index (χ0v) is 31.4. The maximum Gasteiger partial charge on any atom is 3.00 e. The number of aliphatic imine (C=N–C) groups is 1. The van der Waals surface area contributed by atoms with Crippen LogP contribution in [0.3, 0.4) is 0 Å². The van der Waals surface area contributed by atoms with Gasteiger partial charge in [-0.3, -0.25) is 9.98 Å². The normalized spacial score (nSPS) is 13.1. The molecular formula is C24H51N4OSi4Y. The second-order valence-electron chi connectivity index (χ2n) is 12.3. The predicted octanol–water partition coefficient (Wildman–Crippen LogP) is 7.41. The topological polar surface area (TPSA) is 76.5 Å². The molecule has 0 spiro atoms. The standard InChI is InChI=1S/C12H16N2O.2C6H18NSi2.Y/c1-10(9-11(2)15)13-8-6-12-5-3-4-7-14-12;2*1-8(2,3)7-9(4,5)6;/h3-5,7,9,15H,6,8H2,1-2H3;2*1-6H3;/q;2*-1;+3/p-1/b11-9-,13-10?;;;. The molecule has 0 amide bonds. The van der Waals surface area contributed by atoms with Crippen LogP contribution in [0, 0.1) is 0 Å². The Bertz CT molecular complexity index is 664. The summed E-state index contributed by atoms with van der Waals surface area (Å²) in [6.45, 7) is 31.6. The van der Waals surface area contributed by atoms with E-state index in [0.29, 0.717) is 6.54 Å². The van der Waals surface area contributed by atoms with Crippen molar-refractivity contribution in [3.8, 4) is 0 Å². The molecule has 1 aromatic rings. The van der Waals surface area contributed by atoms with Crippen LogP contribution in [0.4, 0.5) is 0 Å². The Hall–Kier alpha value is 0.251. The number of hydrogen-bond acceptors (Lipinski definition) is 3. The monoisotopic (exact) mass is 612 g/mol. The van der Waals surface area contributed by atoms with Crippen LogP contribution in [0.5, 0.6) is 0 Å². The third-order valence-corrected chi connectivity index (χ3v) is 13.9. The van der Waals surface area contributed by atoms with Crippen molar-refractivity contribution in [2.24, 2.45) is 4.99 Å². The van der Waals surface area contributed by atoms with Gasteiger partial charge < -0.3 is 14.4 Å². The maximum absolute atomic E-state index is 10.7. The van der Waals surface area contributed by atoms with Crippen LogP contribution in [0.15, 0.2) is 41.2 Å². The average molecular weight is 613 g/mol. The molecule has 0 aliphatic carbocycles. The zero-order chi connectivity index (χ0) is 26.5. The summed E-state index contributed by atoms with van der Waals surface area (Å²) in [4.78, 5) is 8.45. The molecule has 0 aliphatic rings. The smallest absolute Gasteiger partial charge is 0.876 e. The first kappa shape index (κ1) is 38.8. The molecule has 192 valence electrons. The van der Waals surface area contributed by atoms with E-state index in [-0.39, 0.29) is 38.5 Å². The van der Waals surface area contributed by atoms with Gasteiger partial charge in [0.25, 0.3) is 0 Å². The molecule has 0 fully saturated rings. The number of hydrogen-bond donors (Lipinski definition) is 0. The Labute approximate surface area is 241 Å². The fourth-order valence-electron chi connectivity index (χ4n) is 3.25. The summed E-state index contributed by atoms with van der Waals surface area (Å²) in [6, 6.07) is 5.82. The summed E-state index contributed by atoms with van der Waals surface area (Å²) in [7, 11) is -4.42. The second kappa shape index (κ2) is 17.7. The van der Waals surface area contributed by atoms with Crippen LogP contribution in [0.1, 0.15) is 19.5 Å². The van der Waals surface area contributed by atoms with Gasteiger partial charge in [-0.05, 0) is 19.1 Å². The molecule has 0 aliphatic heterocycles. The first-order chi connectivity index (χ1) is 14.6. The molecule has 10 heteroatoms. The van der Waals surface area contributed by atoms with Gasteiger partial charge >= 0.3 is 32.7 Å². The molecular weight excluding hydrogens is 562 g/mol. The molecule has 1 heterocycles. The summed E-state index contributed by atoms with van der Waals surface area (Å²) in [6.07, 6.45) is 4.12. The molecule has 0 aromatic carbocycles. The molecule has 0 saturated heterocycles. The number of rotatable bonds is 8. The number of aromatic nitrogens is 1. The van der Waals surface area contributed by atoms with Crippen molar-refractivity contribution in [1.82, 2.24) is 4.98 Å². The molecule has 1 rings (SSSR count). The molecule has 5 nitrogen and oxygen atoms in total. The third kappa shape index (κ3) is 34.4. The van der Waals surface area contributed by atoms with E-state index in [1.807, 2.05) is 25.1 Å². The SMILES string of the molecule is CC(/C=C(/C)[O-])=NCCc1ccccn1.C[Si](C)(C)[N-][Si](C)(C)C.C[Si](C)(C)[N-][Si](C)(C)C.[Y+3]. The van der Waals surface area contributed by atoms with Crippen molar-refractivity contribution >= 4 is 38.7 Å². The van der Waals surface area contributed by atoms with Crippen molar-refractivity contribution < 1.29 is 37.8 Å². The van der Waals surface area contributed by atoms with Crippen molar-refractivity contribution in [2.75, 3.05) is 6.54 Å². The van der Waals surface area contributed by atoms with Crippen LogP contribution in [-0.2, 0) is 39.1 Å². The van der Waals surface area contributed by atoms with E-state index in [1.54, 1.807) is 12.3 Å². The van der Waals surface area contributed by atoms with Gasteiger partial charge in [-0.25, -0.2) is 0 Å². The van der Waals surface area contributed by atoms with E-state index in [2.05, 4.69) is 88.5 Å². The Balaban J connectivity index is -0.000000443. The quantitative estimate of drug-likeness (QED) is 0.174. The molecule has 34 heavy (non-hydrogen) atoms. The largest absolute Gasteiger partial charge is 3.00 e. The van der Waals surface area contributed by atoms with Crippen LogP contribution in [0.2, 0.25) is 78.6 Å². The molecule has 0 atom stereocenters. The van der Waals surface area contributed by atoms with E-state index in [9.17, 15) is 5.11 Å². The summed E-state index contributed by atoms with van der Waals surface area (Å²) < 4.78 is 9.64. The van der Waals surface area contributed by atoms with Gasteiger partial charge in [0.1, 0.15) is 0 Å². The summed E-state index contributed by atoms with van der Waals surface area (Å²) >= 11 is 0. The second-order valence-corrected chi connectivity index (χ2v) is 31.4. The third-order valence-electron chi connectivity index (χ3n) is 3.21. The van der Waals surface area contributed by atoms with Crippen molar-refractivity contribution in [3.05, 3.63) is 51.2 Å². The van der Waals surface area contributed by atoms with Crippen LogP contribution >= 0.6 is 0 Å². The van der Waals surface area contributed by atoms with Gasteiger partial charge in [-0.15, -0.1) is 5.76 Å². The Morgan fingerprint density at radius 1 is 0.824 bits per heavy atom. The summed E-state index contributed by atoms with van der Waals surface area (Å²) in [5.41, 5.74) is 1.80. The average Bonchev–Trinajstić information content (AvgIpc) is 2.49. The van der Waals surface area contributed by atoms with Crippen molar-refractivity contribution in [1.29, 1.82) is 0 Å². The molecule has 0 bridgehead atoms. The molecule has 0 radical (unpaired) electrons. The maximum atomic E-state index is 10.7. The first-order valence-electron chi connectivity index (χ1n) is 11.8. The fourth-order valence-corrected chi connectivity index (χ4v) is 19.3. The number of pyridine rings is 1. The first-order valence-corrected chi connectivity index (χ1v) is 25.6. The predicted molar refractivity (Wildman–Crippen MR) is 160 cm³/mol. The molecule has 1 aromatic heterocycles. The Kier molecular flexibility index (Phi) is 20.1. The molecule has 0 N–H and O–H groups in total. The minimum atomic E-state index is -1.11. The zero-order valence-electron chi connectivity index (χ0n) is 24.6.